The Hall–Kier alpha value is -5.37. The molecule has 6 aliphatic rings. The number of nitrogens with zero attached hydrogens (tertiary/aromatic N) is 1. The molecule has 298 valence electrons. The Morgan fingerprint density at radius 3 is 2.56 bits per heavy atom. The van der Waals surface area contributed by atoms with E-state index in [1.807, 2.05) is 13.0 Å². The standard InChI is InChI=1S/C44H46N2O11/c1-42-13-11-25(16-24(42)4-8-29-33-12-14-44(55,37(51)21-47)43(33,2)19-34(50)40(29)42)46-56-22-38(52)45-20-23-3-7-28(32(15-23)41(53)54)39-30-9-5-26(48)17-35(30)57-36-18-27(49)6-10-31(36)39/h3,5-7,9-10,15-18,29,33-34,40,47-48,50,55H,4,8,11-14,19-22H2,1-2H3,(H,45,52)(H,53,54)/b46-25+/t29?,33?,34-,40?,42-,43-,44-/m0/s1. The lowest BCUT2D eigenvalue weighted by molar-refractivity contribution is -0.181. The zero-order valence-corrected chi connectivity index (χ0v) is 31.8. The van der Waals surface area contributed by atoms with Gasteiger partial charge in [-0.05, 0) is 116 Å². The third kappa shape index (κ3) is 6.32. The van der Waals surface area contributed by atoms with Gasteiger partial charge >= 0.3 is 5.97 Å². The summed E-state index contributed by atoms with van der Waals surface area (Å²) in [4.78, 5) is 55.8. The predicted molar refractivity (Wildman–Crippen MR) is 209 cm³/mol. The maximum Gasteiger partial charge on any atom is 0.336 e. The molecule has 3 fully saturated rings. The van der Waals surface area contributed by atoms with Crippen molar-refractivity contribution in [2.45, 2.75) is 77.0 Å². The molecule has 1 heterocycles. The van der Waals surface area contributed by atoms with Crippen LogP contribution in [0, 0.1) is 28.6 Å². The molecule has 8 rings (SSSR count). The molecule has 3 saturated carbocycles. The second-order valence-electron chi connectivity index (χ2n) is 16.7. The van der Waals surface area contributed by atoms with Crippen molar-refractivity contribution in [3.63, 3.8) is 0 Å². The number of carboxylic acids is 1. The fourth-order valence-corrected chi connectivity index (χ4v) is 11.0. The molecule has 0 radical (unpaired) electrons. The van der Waals surface area contributed by atoms with Crippen molar-refractivity contribution in [1.82, 2.24) is 5.32 Å². The summed E-state index contributed by atoms with van der Waals surface area (Å²) in [5, 5.41) is 60.7. The molecule has 0 bridgehead atoms. The van der Waals surface area contributed by atoms with E-state index in [-0.39, 0.29) is 64.4 Å². The number of aromatic carboxylic acids is 1. The van der Waals surface area contributed by atoms with Crippen LogP contribution in [-0.2, 0) is 21.0 Å². The fourth-order valence-electron chi connectivity index (χ4n) is 11.0. The van der Waals surface area contributed by atoms with Gasteiger partial charge in [0.05, 0.1) is 17.4 Å². The number of allylic oxidation sites excluding steroid dienone is 2. The smallest absolute Gasteiger partial charge is 0.336 e. The molecule has 5 aliphatic carbocycles. The Bertz CT molecular complexity index is 2400. The van der Waals surface area contributed by atoms with Gasteiger partial charge in [-0.2, -0.15) is 0 Å². The molecule has 2 aromatic carbocycles. The number of phenols is 1. The summed E-state index contributed by atoms with van der Waals surface area (Å²) >= 11 is 0. The molecule has 0 spiro atoms. The topological polar surface area (TPSA) is 216 Å². The molecule has 6 N–H and O–H groups in total. The minimum Gasteiger partial charge on any atom is -0.508 e. The predicted octanol–water partition coefficient (Wildman–Crippen LogP) is 5.18. The average Bonchev–Trinajstić information content (AvgIpc) is 3.45. The molecule has 3 unspecified atom stereocenters. The molecule has 2 aromatic rings. The highest BCUT2D eigenvalue weighted by atomic mass is 16.6. The van der Waals surface area contributed by atoms with Gasteiger partial charge in [0.1, 0.15) is 29.3 Å². The van der Waals surface area contributed by atoms with Gasteiger partial charge in [-0.15, -0.1) is 0 Å². The van der Waals surface area contributed by atoms with Crippen molar-refractivity contribution in [3.05, 3.63) is 87.6 Å². The van der Waals surface area contributed by atoms with Gasteiger partial charge in [0.2, 0.25) is 0 Å². The Balaban J connectivity index is 0.933. The first kappa shape index (κ1) is 38.5. The molecule has 13 heteroatoms. The summed E-state index contributed by atoms with van der Waals surface area (Å²) < 4.78 is 5.90. The summed E-state index contributed by atoms with van der Waals surface area (Å²) in [6, 6.07) is 13.6. The Kier molecular flexibility index (Phi) is 9.61. The Labute approximate surface area is 328 Å². The minimum atomic E-state index is -1.64. The number of oxime groups is 1. The number of carbonyl (C=O) groups is 3. The van der Waals surface area contributed by atoms with Crippen molar-refractivity contribution in [2.75, 3.05) is 13.2 Å². The second kappa shape index (κ2) is 14.2. The van der Waals surface area contributed by atoms with Crippen LogP contribution in [0.1, 0.15) is 74.7 Å². The lowest BCUT2D eigenvalue weighted by Crippen LogP contribution is -2.62. The van der Waals surface area contributed by atoms with Crippen LogP contribution in [0.3, 0.4) is 0 Å². The number of aliphatic hydroxyl groups excluding tert-OH is 2. The van der Waals surface area contributed by atoms with E-state index in [2.05, 4.69) is 17.4 Å². The summed E-state index contributed by atoms with van der Waals surface area (Å²) in [5.74, 6) is -1.88. The molecular formula is C44H46N2O11. The van der Waals surface area contributed by atoms with Crippen LogP contribution in [-0.4, -0.2) is 73.8 Å². The molecule has 1 amide bonds. The number of aromatic hydroxyl groups is 1. The molecule has 0 saturated heterocycles. The number of hydrogen-bond donors (Lipinski definition) is 6. The van der Waals surface area contributed by atoms with E-state index >= 15 is 0 Å². The zero-order chi connectivity index (χ0) is 40.4. The number of fused-ring (bicyclic) bond motifs is 7. The van der Waals surface area contributed by atoms with E-state index in [0.717, 1.165) is 19.3 Å². The lowest BCUT2D eigenvalue weighted by Gasteiger charge is -2.60. The molecule has 57 heavy (non-hydrogen) atoms. The number of aliphatic hydroxyl groups is 3. The van der Waals surface area contributed by atoms with Gasteiger partial charge < -0.3 is 40.1 Å². The van der Waals surface area contributed by atoms with Crippen molar-refractivity contribution in [3.8, 4) is 28.2 Å². The van der Waals surface area contributed by atoms with Gasteiger partial charge in [-0.3, -0.25) is 14.4 Å². The van der Waals surface area contributed by atoms with Crippen LogP contribution in [0.2, 0.25) is 0 Å². The van der Waals surface area contributed by atoms with E-state index in [4.69, 9.17) is 9.25 Å². The van der Waals surface area contributed by atoms with Crippen LogP contribution >= 0.6 is 0 Å². The summed E-state index contributed by atoms with van der Waals surface area (Å²) in [6.07, 6.45) is 5.43. The Morgan fingerprint density at radius 2 is 1.79 bits per heavy atom. The third-order valence-electron chi connectivity index (χ3n) is 13.8. The van der Waals surface area contributed by atoms with Crippen molar-refractivity contribution in [2.24, 2.45) is 33.7 Å². The third-order valence-corrected chi connectivity index (χ3v) is 13.8. The number of benzene rings is 3. The van der Waals surface area contributed by atoms with E-state index in [1.165, 1.54) is 35.9 Å². The average molecular weight is 779 g/mol. The quantitative estimate of drug-likeness (QED) is 0.0961. The van der Waals surface area contributed by atoms with E-state index in [1.54, 1.807) is 24.3 Å². The number of carboxylic acid groups (broad SMARTS) is 1. The SMILES string of the molecule is C[C@]12CC/C(=N\OCC(=O)NCc3ccc(-c4c5ccc(=O)cc-5oc5cc(O)ccc45)c(C(=O)O)c3)C=C1CCC1C2[C@@H](O)C[C@@]2(C)C1CC[C@]2(O)C(=O)CO. The van der Waals surface area contributed by atoms with Crippen LogP contribution < -0.4 is 10.7 Å². The number of ketones is 1. The second-order valence-corrected chi connectivity index (χ2v) is 16.7. The number of nitrogens with one attached hydrogen (secondary N) is 1. The number of amides is 1. The molecular weight excluding hydrogens is 732 g/mol. The largest absolute Gasteiger partial charge is 0.508 e. The van der Waals surface area contributed by atoms with Crippen molar-refractivity contribution >= 4 is 34.3 Å². The Morgan fingerprint density at radius 1 is 1.00 bits per heavy atom. The highest BCUT2D eigenvalue weighted by Gasteiger charge is 2.68. The maximum absolute atomic E-state index is 12.8. The molecule has 1 aliphatic heterocycles. The number of hydrogen-bond acceptors (Lipinski definition) is 11. The van der Waals surface area contributed by atoms with Gasteiger partial charge in [0, 0.05) is 40.6 Å². The highest BCUT2D eigenvalue weighted by Crippen LogP contribution is 2.67. The van der Waals surface area contributed by atoms with E-state index in [9.17, 15) is 44.7 Å². The number of rotatable bonds is 9. The van der Waals surface area contributed by atoms with Gasteiger partial charge in [-0.1, -0.05) is 36.7 Å². The maximum atomic E-state index is 12.8. The first-order valence-corrected chi connectivity index (χ1v) is 19.4. The first-order chi connectivity index (χ1) is 27.2. The van der Waals surface area contributed by atoms with Crippen LogP contribution in [0.15, 0.2) is 80.6 Å². The number of phenolic OH excluding ortho intramolecular Hbond substituents is 1. The zero-order valence-electron chi connectivity index (χ0n) is 31.8. The van der Waals surface area contributed by atoms with Crippen molar-refractivity contribution in [1.29, 1.82) is 0 Å². The van der Waals surface area contributed by atoms with Gasteiger partial charge in [0.25, 0.3) is 5.91 Å². The van der Waals surface area contributed by atoms with Gasteiger partial charge in [0.15, 0.2) is 17.8 Å². The first-order valence-electron chi connectivity index (χ1n) is 19.4. The van der Waals surface area contributed by atoms with E-state index in [0.29, 0.717) is 59.0 Å². The van der Waals surface area contributed by atoms with Gasteiger partial charge in [-0.25, -0.2) is 4.79 Å². The van der Waals surface area contributed by atoms with Crippen LogP contribution in [0.5, 0.6) is 5.75 Å². The monoisotopic (exact) mass is 778 g/mol. The van der Waals surface area contributed by atoms with Crippen LogP contribution in [0.25, 0.3) is 33.4 Å². The fraction of sp³-hybridized carbons (Fsp3) is 0.432. The van der Waals surface area contributed by atoms with Crippen LogP contribution in [0.4, 0.5) is 0 Å². The summed E-state index contributed by atoms with van der Waals surface area (Å²) in [5.41, 5.74) is 1.04. The molecule has 13 nitrogen and oxygen atoms in total. The van der Waals surface area contributed by atoms with Crippen molar-refractivity contribution < 1.29 is 49.2 Å². The summed E-state index contributed by atoms with van der Waals surface area (Å²) in [7, 11) is 0. The normalized spacial score (nSPS) is 30.0. The van der Waals surface area contributed by atoms with E-state index < -0.39 is 41.4 Å². The minimum absolute atomic E-state index is 0.0250. The number of carbonyl (C=O) groups excluding carboxylic acids is 2. The molecule has 0 aromatic heterocycles. The number of Topliss-reactive ketones (excluding diaryl/α,β-unsaturated/α-hetero) is 1. The lowest BCUT2D eigenvalue weighted by atomic mass is 9.45. The summed E-state index contributed by atoms with van der Waals surface area (Å²) in [6.45, 7) is 3.04. The highest BCUT2D eigenvalue weighted by molar-refractivity contribution is 6.07. The molecule has 7 atom stereocenters.